The van der Waals surface area contributed by atoms with Gasteiger partial charge in [-0.1, -0.05) is 6.07 Å². The van der Waals surface area contributed by atoms with Crippen molar-refractivity contribution in [3.8, 4) is 17.2 Å². The maximum atomic E-state index is 12.9. The first-order valence-corrected chi connectivity index (χ1v) is 9.49. The summed E-state index contributed by atoms with van der Waals surface area (Å²) in [6, 6.07) is 12.8. The van der Waals surface area contributed by atoms with E-state index in [1.54, 1.807) is 12.1 Å². The summed E-state index contributed by atoms with van der Waals surface area (Å²) in [6.07, 6.45) is 2.09. The fourth-order valence-electron chi connectivity index (χ4n) is 3.55. The van der Waals surface area contributed by atoms with Crippen LogP contribution in [0.25, 0.3) is 0 Å². The number of hydrogen-bond acceptors (Lipinski definition) is 5. The quantitative estimate of drug-likeness (QED) is 0.810. The van der Waals surface area contributed by atoms with Gasteiger partial charge in [0.2, 0.25) is 6.79 Å². The lowest BCUT2D eigenvalue weighted by molar-refractivity contribution is 0.162. The van der Waals surface area contributed by atoms with Gasteiger partial charge >= 0.3 is 0 Å². The lowest BCUT2D eigenvalue weighted by Gasteiger charge is -2.33. The number of rotatable bonds is 7. The third kappa shape index (κ3) is 4.90. The molecule has 1 saturated heterocycles. The predicted molar refractivity (Wildman–Crippen MR) is 101 cm³/mol. The Labute approximate surface area is 159 Å². The molecule has 0 spiro atoms. The van der Waals surface area contributed by atoms with Crippen LogP contribution in [0.3, 0.4) is 0 Å². The number of hydrogen-bond donors (Lipinski definition) is 1. The molecule has 0 amide bonds. The van der Waals surface area contributed by atoms with Crippen LogP contribution in [0.4, 0.5) is 4.39 Å². The van der Waals surface area contributed by atoms with E-state index in [2.05, 4.69) is 22.3 Å². The Morgan fingerprint density at radius 2 is 1.96 bits per heavy atom. The summed E-state index contributed by atoms with van der Waals surface area (Å²) in [5, 5.41) is 3.61. The molecule has 27 heavy (non-hydrogen) atoms. The fraction of sp³-hybridized carbons (Fsp3) is 0.429. The molecule has 0 aromatic heterocycles. The minimum Gasteiger partial charge on any atom is -0.492 e. The molecule has 2 aliphatic rings. The average Bonchev–Trinajstić information content (AvgIpc) is 3.16. The molecule has 0 saturated carbocycles. The van der Waals surface area contributed by atoms with Crippen LogP contribution in [0.5, 0.6) is 17.2 Å². The van der Waals surface area contributed by atoms with Crippen LogP contribution < -0.4 is 19.5 Å². The third-order valence-electron chi connectivity index (χ3n) is 5.05. The molecule has 5 nitrogen and oxygen atoms in total. The first-order chi connectivity index (χ1) is 13.3. The van der Waals surface area contributed by atoms with Gasteiger partial charge in [0.05, 0.1) is 0 Å². The van der Waals surface area contributed by atoms with E-state index in [-0.39, 0.29) is 5.82 Å². The minimum atomic E-state index is -0.241. The Kier molecular flexibility index (Phi) is 5.75. The normalized spacial score (nSPS) is 19.2. The second-order valence-corrected chi connectivity index (χ2v) is 6.98. The Morgan fingerprint density at radius 3 is 2.85 bits per heavy atom. The molecule has 2 aliphatic heterocycles. The molecule has 1 unspecified atom stereocenters. The van der Waals surface area contributed by atoms with Gasteiger partial charge in [0.15, 0.2) is 11.5 Å². The summed E-state index contributed by atoms with van der Waals surface area (Å²) < 4.78 is 29.5. The highest BCUT2D eigenvalue weighted by atomic mass is 19.1. The van der Waals surface area contributed by atoms with Crippen LogP contribution >= 0.6 is 0 Å². The van der Waals surface area contributed by atoms with Gasteiger partial charge in [0, 0.05) is 32.2 Å². The van der Waals surface area contributed by atoms with E-state index in [9.17, 15) is 4.39 Å². The minimum absolute atomic E-state index is 0.241. The highest BCUT2D eigenvalue weighted by Crippen LogP contribution is 2.32. The van der Waals surface area contributed by atoms with E-state index in [4.69, 9.17) is 14.2 Å². The molecule has 144 valence electrons. The van der Waals surface area contributed by atoms with E-state index in [0.29, 0.717) is 25.2 Å². The lowest BCUT2D eigenvalue weighted by Crippen LogP contribution is -2.51. The topological polar surface area (TPSA) is 43.0 Å². The number of aryl methyl sites for hydroxylation is 1. The summed E-state index contributed by atoms with van der Waals surface area (Å²) in [4.78, 5) is 2.42. The van der Waals surface area contributed by atoms with Gasteiger partial charge in [-0.15, -0.1) is 0 Å². The van der Waals surface area contributed by atoms with Gasteiger partial charge in [-0.3, -0.25) is 4.90 Å². The molecule has 2 aromatic rings. The maximum Gasteiger partial charge on any atom is 0.231 e. The van der Waals surface area contributed by atoms with Crippen molar-refractivity contribution in [2.45, 2.75) is 18.9 Å². The van der Waals surface area contributed by atoms with E-state index < -0.39 is 0 Å². The molecule has 1 N–H and O–H groups in total. The number of fused-ring (bicyclic) bond motifs is 1. The summed E-state index contributed by atoms with van der Waals surface area (Å²) in [6.45, 7) is 4.82. The number of benzene rings is 2. The fourth-order valence-corrected chi connectivity index (χ4v) is 3.55. The van der Waals surface area contributed by atoms with E-state index in [1.807, 2.05) is 6.07 Å². The molecule has 0 aliphatic carbocycles. The Morgan fingerprint density at radius 1 is 1.11 bits per heavy atom. The predicted octanol–water partition coefficient (Wildman–Crippen LogP) is 2.84. The SMILES string of the molecule is Fc1ccc(OCCN2CCNC(CCc3ccc4c(c3)OCO4)C2)cc1. The molecule has 1 fully saturated rings. The average molecular weight is 372 g/mol. The van der Waals surface area contributed by atoms with Crippen molar-refractivity contribution in [1.82, 2.24) is 10.2 Å². The highest BCUT2D eigenvalue weighted by molar-refractivity contribution is 5.44. The molecule has 0 bridgehead atoms. The first kappa shape index (κ1) is 18.1. The smallest absolute Gasteiger partial charge is 0.231 e. The molecule has 2 heterocycles. The third-order valence-corrected chi connectivity index (χ3v) is 5.05. The Bertz CT molecular complexity index is 754. The Balaban J connectivity index is 1.20. The number of piperazine rings is 1. The largest absolute Gasteiger partial charge is 0.492 e. The zero-order valence-corrected chi connectivity index (χ0v) is 15.3. The van der Waals surface area contributed by atoms with Crippen LogP contribution in [0.1, 0.15) is 12.0 Å². The maximum absolute atomic E-state index is 12.9. The van der Waals surface area contributed by atoms with Crippen molar-refractivity contribution in [2.24, 2.45) is 0 Å². The highest BCUT2D eigenvalue weighted by Gasteiger charge is 2.19. The van der Waals surface area contributed by atoms with Gasteiger partial charge in [0.25, 0.3) is 0 Å². The van der Waals surface area contributed by atoms with Crippen LogP contribution in [0.2, 0.25) is 0 Å². The summed E-state index contributed by atoms with van der Waals surface area (Å²) in [7, 11) is 0. The number of nitrogens with zero attached hydrogens (tertiary/aromatic N) is 1. The van der Waals surface area contributed by atoms with E-state index in [1.165, 1.54) is 17.7 Å². The second-order valence-electron chi connectivity index (χ2n) is 6.98. The van der Waals surface area contributed by atoms with Crippen LogP contribution in [0.15, 0.2) is 42.5 Å². The summed E-state index contributed by atoms with van der Waals surface area (Å²) in [5.41, 5.74) is 1.28. The van der Waals surface area contributed by atoms with Crippen molar-refractivity contribution in [3.05, 3.63) is 53.8 Å². The van der Waals surface area contributed by atoms with Gasteiger partial charge in [-0.25, -0.2) is 4.39 Å². The van der Waals surface area contributed by atoms with Gasteiger partial charge in [0.1, 0.15) is 18.2 Å². The molecular weight excluding hydrogens is 347 g/mol. The standard InChI is InChI=1S/C21H25FN2O3/c22-17-3-6-19(7-4-17)25-12-11-24-10-9-23-18(14-24)5-1-16-2-8-20-21(13-16)27-15-26-20/h2-4,6-8,13,18,23H,1,5,9-12,14-15H2. The summed E-state index contributed by atoms with van der Waals surface area (Å²) in [5.74, 6) is 2.16. The van der Waals surface area contributed by atoms with Gasteiger partial charge in [-0.05, 0) is 54.8 Å². The van der Waals surface area contributed by atoms with Crippen LogP contribution in [0, 0.1) is 5.82 Å². The van der Waals surface area contributed by atoms with Crippen molar-refractivity contribution in [3.63, 3.8) is 0 Å². The molecule has 6 heteroatoms. The van der Waals surface area contributed by atoms with Gasteiger partial charge < -0.3 is 19.5 Å². The number of halogens is 1. The lowest BCUT2D eigenvalue weighted by atomic mass is 10.0. The van der Waals surface area contributed by atoms with Crippen molar-refractivity contribution in [1.29, 1.82) is 0 Å². The zero-order valence-electron chi connectivity index (χ0n) is 15.3. The first-order valence-electron chi connectivity index (χ1n) is 9.49. The van der Waals surface area contributed by atoms with Gasteiger partial charge in [-0.2, -0.15) is 0 Å². The van der Waals surface area contributed by atoms with Crippen molar-refractivity contribution >= 4 is 0 Å². The van der Waals surface area contributed by atoms with Crippen molar-refractivity contribution < 1.29 is 18.6 Å². The number of ether oxygens (including phenoxy) is 3. The molecule has 1 atom stereocenters. The summed E-state index contributed by atoms with van der Waals surface area (Å²) >= 11 is 0. The zero-order chi connectivity index (χ0) is 18.5. The van der Waals surface area contributed by atoms with E-state index in [0.717, 1.165) is 50.5 Å². The van der Waals surface area contributed by atoms with Crippen LogP contribution in [-0.4, -0.2) is 50.5 Å². The molecule has 2 aromatic carbocycles. The molecule has 4 rings (SSSR count). The number of nitrogens with one attached hydrogen (secondary N) is 1. The van der Waals surface area contributed by atoms with E-state index >= 15 is 0 Å². The monoisotopic (exact) mass is 372 g/mol. The second kappa shape index (κ2) is 8.59. The van der Waals surface area contributed by atoms with Crippen LogP contribution in [-0.2, 0) is 6.42 Å². The van der Waals surface area contributed by atoms with Crippen molar-refractivity contribution in [2.75, 3.05) is 39.6 Å². The molecule has 0 radical (unpaired) electrons. The Hall–Kier alpha value is -2.31. The molecular formula is C21H25FN2O3.